The van der Waals surface area contributed by atoms with Gasteiger partial charge in [0.05, 0.1) is 0 Å². The highest BCUT2D eigenvalue weighted by Gasteiger charge is 2.37. The maximum Gasteiger partial charge on any atom is 0.128 e. The molecule has 0 aromatic heterocycles. The summed E-state index contributed by atoms with van der Waals surface area (Å²) in [6.45, 7) is 12.4. The van der Waals surface area contributed by atoms with Gasteiger partial charge >= 0.3 is 0 Å². The van der Waals surface area contributed by atoms with E-state index in [4.69, 9.17) is 0 Å². The Morgan fingerprint density at radius 1 is 1.06 bits per heavy atom. The lowest BCUT2D eigenvalue weighted by molar-refractivity contribution is 0.258. The Balaban J connectivity index is 2.83. The normalized spacial score (nSPS) is 18.6. The minimum Gasteiger partial charge on any atom is -0.317 e. The average Bonchev–Trinajstić information content (AvgIpc) is 2.41. The first-order valence-electron chi connectivity index (χ1n) is 7.61. The average molecular weight is 254 g/mol. The van der Waals surface area contributed by atoms with Crippen molar-refractivity contribution in [3.05, 3.63) is 12.7 Å². The van der Waals surface area contributed by atoms with E-state index in [0.29, 0.717) is 0 Å². The van der Waals surface area contributed by atoms with E-state index in [1.54, 1.807) is 0 Å². The third-order valence-electron chi connectivity index (χ3n) is 4.92. The molecular weight excluding hydrogens is 222 g/mol. The third kappa shape index (κ3) is 3.44. The third-order valence-corrected chi connectivity index (χ3v) is 10.6. The lowest BCUT2D eigenvalue weighted by Gasteiger charge is -2.46. The van der Waals surface area contributed by atoms with E-state index in [1.807, 2.05) is 0 Å². The van der Waals surface area contributed by atoms with Crippen LogP contribution < -0.4 is 0 Å². The Bertz CT molecular complexity index is 209. The van der Waals surface area contributed by atoms with Crippen molar-refractivity contribution in [3.8, 4) is 0 Å². The molecule has 0 amide bonds. The zero-order chi connectivity index (χ0) is 12.7. The minimum absolute atomic E-state index is 0.869. The van der Waals surface area contributed by atoms with Crippen molar-refractivity contribution in [1.29, 1.82) is 0 Å². The summed E-state index contributed by atoms with van der Waals surface area (Å²) in [7, 11) is -1.19. The summed E-state index contributed by atoms with van der Waals surface area (Å²) in [5.74, 6) is 0. The molecule has 0 aromatic carbocycles. The fourth-order valence-corrected chi connectivity index (χ4v) is 7.89. The first-order chi connectivity index (χ1) is 8.24. The summed E-state index contributed by atoms with van der Waals surface area (Å²) in [4.78, 5) is 0. The molecule has 17 heavy (non-hydrogen) atoms. The Morgan fingerprint density at radius 3 is 2.00 bits per heavy atom. The largest absolute Gasteiger partial charge is 0.317 e. The van der Waals surface area contributed by atoms with Gasteiger partial charge in [-0.1, -0.05) is 46.1 Å². The molecule has 1 aliphatic carbocycles. The van der Waals surface area contributed by atoms with E-state index in [-0.39, 0.29) is 0 Å². The van der Waals surface area contributed by atoms with Gasteiger partial charge < -0.3 is 4.57 Å². The van der Waals surface area contributed by atoms with Gasteiger partial charge in [-0.25, -0.2) is 0 Å². The molecule has 0 unspecified atom stereocenters. The molecular formula is C15H31NSi. The Hall–Kier alpha value is -0.0831. The standard InChI is InChI=1S/C15H31NSi/c1-5-14-16(15-12-10-9-11-13-15)17(6-2,7-3)8-4/h5,15H,1,6-14H2,2-4H3. The van der Waals surface area contributed by atoms with Gasteiger partial charge in [-0.15, -0.1) is 6.58 Å². The number of hydrogen-bond donors (Lipinski definition) is 0. The van der Waals surface area contributed by atoms with E-state index < -0.39 is 8.24 Å². The Kier molecular flexibility index (Phi) is 6.50. The van der Waals surface area contributed by atoms with E-state index >= 15 is 0 Å². The van der Waals surface area contributed by atoms with Crippen LogP contribution in [0.3, 0.4) is 0 Å². The molecule has 1 rings (SSSR count). The predicted molar refractivity (Wildman–Crippen MR) is 81.0 cm³/mol. The smallest absolute Gasteiger partial charge is 0.128 e. The van der Waals surface area contributed by atoms with Crippen molar-refractivity contribution >= 4 is 8.24 Å². The van der Waals surface area contributed by atoms with Crippen molar-refractivity contribution in [2.45, 2.75) is 77.0 Å². The molecule has 1 saturated carbocycles. The van der Waals surface area contributed by atoms with Gasteiger partial charge in [-0.3, -0.25) is 0 Å². The molecule has 0 spiro atoms. The van der Waals surface area contributed by atoms with E-state index in [0.717, 1.165) is 12.6 Å². The molecule has 0 saturated heterocycles. The molecule has 0 heterocycles. The Morgan fingerprint density at radius 2 is 1.59 bits per heavy atom. The maximum absolute atomic E-state index is 3.99. The van der Waals surface area contributed by atoms with Gasteiger partial charge in [-0.05, 0) is 31.0 Å². The quantitative estimate of drug-likeness (QED) is 0.465. The molecule has 1 nitrogen and oxygen atoms in total. The van der Waals surface area contributed by atoms with Gasteiger partial charge in [0.25, 0.3) is 0 Å². The van der Waals surface area contributed by atoms with Crippen LogP contribution in [0.2, 0.25) is 18.1 Å². The first-order valence-corrected chi connectivity index (χ1v) is 10.2. The highest BCUT2D eigenvalue weighted by atomic mass is 28.3. The van der Waals surface area contributed by atoms with Crippen LogP contribution >= 0.6 is 0 Å². The van der Waals surface area contributed by atoms with Gasteiger partial charge in [-0.2, -0.15) is 0 Å². The van der Waals surface area contributed by atoms with Crippen molar-refractivity contribution in [2.75, 3.05) is 6.54 Å². The molecule has 1 aliphatic rings. The highest BCUT2D eigenvalue weighted by Crippen LogP contribution is 2.32. The van der Waals surface area contributed by atoms with Gasteiger partial charge in [0, 0.05) is 12.6 Å². The van der Waals surface area contributed by atoms with Crippen molar-refractivity contribution < 1.29 is 0 Å². The molecule has 2 heteroatoms. The van der Waals surface area contributed by atoms with Gasteiger partial charge in [0.1, 0.15) is 8.24 Å². The number of hydrogen-bond acceptors (Lipinski definition) is 1. The van der Waals surface area contributed by atoms with E-state index in [9.17, 15) is 0 Å². The van der Waals surface area contributed by atoms with Crippen LogP contribution in [0.5, 0.6) is 0 Å². The SMILES string of the molecule is C=CCN(C1CCCCC1)[Si](CC)(CC)CC. The second-order valence-electron chi connectivity index (χ2n) is 5.52. The molecule has 100 valence electrons. The summed E-state index contributed by atoms with van der Waals surface area (Å²) in [5, 5.41) is 0. The zero-order valence-electron chi connectivity index (χ0n) is 12.2. The number of nitrogens with zero attached hydrogens (tertiary/aromatic N) is 1. The van der Waals surface area contributed by atoms with Crippen molar-refractivity contribution in [1.82, 2.24) is 4.57 Å². The van der Waals surface area contributed by atoms with Crippen LogP contribution in [0.25, 0.3) is 0 Å². The van der Waals surface area contributed by atoms with Crippen LogP contribution in [0.4, 0.5) is 0 Å². The first kappa shape index (κ1) is 15.0. The monoisotopic (exact) mass is 253 g/mol. The summed E-state index contributed by atoms with van der Waals surface area (Å²) in [6, 6.07) is 5.09. The molecule has 1 fully saturated rings. The fourth-order valence-electron chi connectivity index (χ4n) is 3.62. The van der Waals surface area contributed by atoms with Crippen molar-refractivity contribution in [2.24, 2.45) is 0 Å². The van der Waals surface area contributed by atoms with Crippen LogP contribution in [0, 0.1) is 0 Å². The van der Waals surface area contributed by atoms with Crippen LogP contribution in [-0.4, -0.2) is 25.4 Å². The summed E-state index contributed by atoms with van der Waals surface area (Å²) in [5.41, 5.74) is 0. The highest BCUT2D eigenvalue weighted by molar-refractivity contribution is 6.77. The number of rotatable bonds is 7. The van der Waals surface area contributed by atoms with Crippen LogP contribution in [0.1, 0.15) is 52.9 Å². The summed E-state index contributed by atoms with van der Waals surface area (Å²) in [6.07, 6.45) is 9.35. The lowest BCUT2D eigenvalue weighted by atomic mass is 9.95. The molecule has 0 atom stereocenters. The van der Waals surface area contributed by atoms with Crippen molar-refractivity contribution in [3.63, 3.8) is 0 Å². The zero-order valence-corrected chi connectivity index (χ0v) is 13.2. The molecule has 0 aliphatic heterocycles. The fraction of sp³-hybridized carbons (Fsp3) is 0.867. The topological polar surface area (TPSA) is 3.24 Å². The van der Waals surface area contributed by atoms with Gasteiger partial charge in [0.15, 0.2) is 0 Å². The van der Waals surface area contributed by atoms with Gasteiger partial charge in [0.2, 0.25) is 0 Å². The van der Waals surface area contributed by atoms with Crippen LogP contribution in [-0.2, 0) is 0 Å². The second-order valence-corrected chi connectivity index (χ2v) is 10.7. The molecule has 0 aromatic rings. The maximum atomic E-state index is 3.99. The van der Waals surface area contributed by atoms with Crippen LogP contribution in [0.15, 0.2) is 12.7 Å². The molecule has 0 radical (unpaired) electrons. The Labute approximate surface area is 109 Å². The predicted octanol–water partition coefficient (Wildman–Crippen LogP) is 4.81. The minimum atomic E-state index is -1.19. The lowest BCUT2D eigenvalue weighted by Crippen LogP contribution is -2.57. The summed E-state index contributed by atoms with van der Waals surface area (Å²) >= 11 is 0. The summed E-state index contributed by atoms with van der Waals surface area (Å²) < 4.78 is 2.92. The second kappa shape index (κ2) is 7.37. The van der Waals surface area contributed by atoms with E-state index in [2.05, 4.69) is 38.0 Å². The van der Waals surface area contributed by atoms with E-state index in [1.165, 1.54) is 50.2 Å². The molecule has 0 N–H and O–H groups in total. The molecule has 0 bridgehead atoms.